The molecule has 0 unspecified atom stereocenters. The van der Waals surface area contributed by atoms with E-state index in [0.717, 1.165) is 20.4 Å². The quantitative estimate of drug-likeness (QED) is 0.520. The first-order chi connectivity index (χ1) is 14.0. The van der Waals surface area contributed by atoms with Crippen LogP contribution in [0.5, 0.6) is 0 Å². The molecule has 1 aliphatic heterocycles. The molecule has 5 rings (SSSR count). The number of nitrogens with one attached hydrogen (secondary N) is 1. The lowest BCUT2D eigenvalue weighted by Crippen LogP contribution is -2.31. The number of hydrogen-bond acceptors (Lipinski definition) is 7. The van der Waals surface area contributed by atoms with E-state index in [2.05, 4.69) is 15.3 Å². The van der Waals surface area contributed by atoms with E-state index < -0.39 is 10.0 Å². The average Bonchev–Trinajstić information content (AvgIpc) is 3.46. The minimum Gasteiger partial charge on any atom is -0.326 e. The number of anilines is 1. The molecule has 4 aromatic rings. The van der Waals surface area contributed by atoms with Crippen LogP contribution in [0.4, 0.5) is 5.69 Å². The maximum Gasteiger partial charge on any atom is 0.243 e. The molecule has 1 aliphatic rings. The van der Waals surface area contributed by atoms with Crippen LogP contribution in [0.25, 0.3) is 20.4 Å². The smallest absolute Gasteiger partial charge is 0.243 e. The van der Waals surface area contributed by atoms with E-state index in [0.29, 0.717) is 18.7 Å². The van der Waals surface area contributed by atoms with Gasteiger partial charge in [0.05, 0.1) is 42.3 Å². The summed E-state index contributed by atoms with van der Waals surface area (Å²) >= 11 is 2.95. The molecule has 0 aliphatic carbocycles. The molecule has 2 aromatic heterocycles. The van der Waals surface area contributed by atoms with Crippen LogP contribution in [0, 0.1) is 5.92 Å². The van der Waals surface area contributed by atoms with Crippen LogP contribution in [0.3, 0.4) is 0 Å². The lowest BCUT2D eigenvalue weighted by molar-refractivity contribution is -0.119. The van der Waals surface area contributed by atoms with Gasteiger partial charge in [0.2, 0.25) is 15.9 Å². The highest BCUT2D eigenvalue weighted by Crippen LogP contribution is 2.29. The summed E-state index contributed by atoms with van der Waals surface area (Å²) in [6.45, 7) is 0.500. The molecular formula is C19H16N4O3S3. The first kappa shape index (κ1) is 18.6. The SMILES string of the molecule is O=C(Nc1ccc2scnc2c1)[C@@H]1CCN(S(=O)(=O)c2ccc3ncsc3c2)C1. The van der Waals surface area contributed by atoms with E-state index >= 15 is 0 Å². The van der Waals surface area contributed by atoms with Crippen molar-refractivity contribution < 1.29 is 13.2 Å². The van der Waals surface area contributed by atoms with Gasteiger partial charge in [0.25, 0.3) is 0 Å². The number of sulfonamides is 1. The van der Waals surface area contributed by atoms with Crippen molar-refractivity contribution in [1.82, 2.24) is 14.3 Å². The van der Waals surface area contributed by atoms with Gasteiger partial charge in [0.15, 0.2) is 0 Å². The van der Waals surface area contributed by atoms with E-state index in [9.17, 15) is 13.2 Å². The predicted molar refractivity (Wildman–Crippen MR) is 115 cm³/mol. The number of amides is 1. The highest BCUT2D eigenvalue weighted by atomic mass is 32.2. The molecule has 29 heavy (non-hydrogen) atoms. The molecule has 7 nitrogen and oxygen atoms in total. The molecule has 1 N–H and O–H groups in total. The van der Waals surface area contributed by atoms with Crippen LogP contribution in [0.2, 0.25) is 0 Å². The van der Waals surface area contributed by atoms with E-state index in [1.54, 1.807) is 40.6 Å². The van der Waals surface area contributed by atoms with Gasteiger partial charge in [-0.25, -0.2) is 18.4 Å². The van der Waals surface area contributed by atoms with Crippen LogP contribution >= 0.6 is 22.7 Å². The Morgan fingerprint density at radius 3 is 2.69 bits per heavy atom. The normalized spacial score (nSPS) is 17.9. The van der Waals surface area contributed by atoms with Crippen LogP contribution in [0.15, 0.2) is 52.3 Å². The predicted octanol–water partition coefficient (Wildman–Crippen LogP) is 3.56. The minimum absolute atomic E-state index is 0.171. The third-order valence-corrected chi connectivity index (χ3v) is 8.52. The Balaban J connectivity index is 1.31. The number of carbonyl (C=O) groups is 1. The Bertz CT molecular complexity index is 1330. The molecule has 3 heterocycles. The average molecular weight is 445 g/mol. The van der Waals surface area contributed by atoms with Crippen LogP contribution in [0.1, 0.15) is 6.42 Å². The minimum atomic E-state index is -3.65. The molecule has 1 atom stereocenters. The topological polar surface area (TPSA) is 92.3 Å². The van der Waals surface area contributed by atoms with E-state index in [1.165, 1.54) is 15.6 Å². The van der Waals surface area contributed by atoms with Gasteiger partial charge in [-0.2, -0.15) is 4.31 Å². The fourth-order valence-electron chi connectivity index (χ4n) is 3.49. The van der Waals surface area contributed by atoms with E-state index in [-0.39, 0.29) is 23.3 Å². The van der Waals surface area contributed by atoms with Crippen LogP contribution in [-0.4, -0.2) is 41.7 Å². The molecule has 0 spiro atoms. The molecule has 0 bridgehead atoms. The van der Waals surface area contributed by atoms with Crippen molar-refractivity contribution in [3.63, 3.8) is 0 Å². The summed E-state index contributed by atoms with van der Waals surface area (Å²) in [6.07, 6.45) is 0.493. The second-order valence-corrected chi connectivity index (χ2v) is 10.6. The van der Waals surface area contributed by atoms with Gasteiger partial charge in [-0.1, -0.05) is 0 Å². The first-order valence-corrected chi connectivity index (χ1v) is 12.2. The van der Waals surface area contributed by atoms with Gasteiger partial charge >= 0.3 is 0 Å². The number of thiazole rings is 2. The summed E-state index contributed by atoms with van der Waals surface area (Å²) in [6, 6.07) is 10.5. The van der Waals surface area contributed by atoms with Crippen molar-refractivity contribution in [2.24, 2.45) is 5.92 Å². The van der Waals surface area contributed by atoms with Gasteiger partial charge in [0, 0.05) is 18.8 Å². The molecule has 1 saturated heterocycles. The lowest BCUT2D eigenvalue weighted by Gasteiger charge is -2.16. The van der Waals surface area contributed by atoms with Crippen LogP contribution in [-0.2, 0) is 14.8 Å². The zero-order valence-electron chi connectivity index (χ0n) is 15.1. The molecule has 0 saturated carbocycles. The summed E-state index contributed by atoms with van der Waals surface area (Å²) in [5, 5.41) is 2.90. The second kappa shape index (κ2) is 7.13. The number of rotatable bonds is 4. The standard InChI is InChI=1S/C19H16N4O3S3/c24-19(22-13-1-4-17-16(7-13)21-11-27-17)12-5-6-23(9-12)29(25,26)14-2-3-15-18(8-14)28-10-20-15/h1-4,7-8,10-12H,5-6,9H2,(H,22,24)/t12-/m1/s1. The molecule has 1 fully saturated rings. The fourth-order valence-corrected chi connectivity index (χ4v) is 6.46. The highest BCUT2D eigenvalue weighted by molar-refractivity contribution is 7.89. The summed E-state index contributed by atoms with van der Waals surface area (Å²) in [5.41, 5.74) is 5.75. The first-order valence-electron chi connectivity index (χ1n) is 8.98. The van der Waals surface area contributed by atoms with Gasteiger partial charge in [-0.15, -0.1) is 22.7 Å². The third-order valence-electron chi connectivity index (χ3n) is 5.06. The summed E-state index contributed by atoms with van der Waals surface area (Å²) in [7, 11) is -3.65. The zero-order chi connectivity index (χ0) is 20.0. The lowest BCUT2D eigenvalue weighted by atomic mass is 10.1. The zero-order valence-corrected chi connectivity index (χ0v) is 17.6. The highest BCUT2D eigenvalue weighted by Gasteiger charge is 2.36. The van der Waals surface area contributed by atoms with Crippen molar-refractivity contribution in [2.75, 3.05) is 18.4 Å². The van der Waals surface area contributed by atoms with E-state index in [1.807, 2.05) is 18.2 Å². The van der Waals surface area contributed by atoms with Gasteiger partial charge in [0.1, 0.15) is 0 Å². The summed E-state index contributed by atoms with van der Waals surface area (Å²) < 4.78 is 29.3. The number of hydrogen-bond donors (Lipinski definition) is 1. The maximum absolute atomic E-state index is 13.0. The van der Waals surface area contributed by atoms with Crippen molar-refractivity contribution in [1.29, 1.82) is 0 Å². The molecule has 0 radical (unpaired) electrons. The largest absolute Gasteiger partial charge is 0.326 e. The molecule has 1 amide bonds. The number of aromatic nitrogens is 2. The Morgan fingerprint density at radius 1 is 1.03 bits per heavy atom. The fraction of sp³-hybridized carbons (Fsp3) is 0.211. The Kier molecular flexibility index (Phi) is 4.58. The third kappa shape index (κ3) is 3.42. The van der Waals surface area contributed by atoms with Crippen LogP contribution < -0.4 is 5.32 Å². The maximum atomic E-state index is 13.0. The molecule has 2 aromatic carbocycles. The van der Waals surface area contributed by atoms with Gasteiger partial charge < -0.3 is 5.32 Å². The van der Waals surface area contributed by atoms with Gasteiger partial charge in [-0.3, -0.25) is 4.79 Å². The Labute approximate surface area is 175 Å². The summed E-state index contributed by atoms with van der Waals surface area (Å²) in [5.74, 6) is -0.557. The Morgan fingerprint density at radius 2 is 1.83 bits per heavy atom. The van der Waals surface area contributed by atoms with Crippen molar-refractivity contribution in [2.45, 2.75) is 11.3 Å². The molecule has 10 heteroatoms. The van der Waals surface area contributed by atoms with Gasteiger partial charge in [-0.05, 0) is 42.8 Å². The molecule has 148 valence electrons. The second-order valence-electron chi connectivity index (χ2n) is 6.85. The monoisotopic (exact) mass is 444 g/mol. The number of fused-ring (bicyclic) bond motifs is 2. The molecular weight excluding hydrogens is 428 g/mol. The number of nitrogens with zero attached hydrogens (tertiary/aromatic N) is 3. The number of benzene rings is 2. The van der Waals surface area contributed by atoms with Crippen molar-refractivity contribution in [3.05, 3.63) is 47.4 Å². The van der Waals surface area contributed by atoms with Crippen molar-refractivity contribution in [3.8, 4) is 0 Å². The Hall–Kier alpha value is -2.40. The van der Waals surface area contributed by atoms with E-state index in [4.69, 9.17) is 0 Å². The summed E-state index contributed by atoms with van der Waals surface area (Å²) in [4.78, 5) is 21.4. The van der Waals surface area contributed by atoms with Crippen molar-refractivity contribution >= 4 is 64.7 Å². The number of carbonyl (C=O) groups excluding carboxylic acids is 1.